The lowest BCUT2D eigenvalue weighted by Gasteiger charge is -2.23. The van der Waals surface area contributed by atoms with Gasteiger partial charge in [-0.2, -0.15) is 0 Å². The van der Waals surface area contributed by atoms with E-state index in [1.807, 2.05) is 12.1 Å². The van der Waals surface area contributed by atoms with Gasteiger partial charge in [-0.15, -0.1) is 0 Å². The van der Waals surface area contributed by atoms with Crippen molar-refractivity contribution < 1.29 is 13.6 Å². The van der Waals surface area contributed by atoms with Crippen LogP contribution < -0.4 is 5.73 Å². The summed E-state index contributed by atoms with van der Waals surface area (Å²) in [6.45, 7) is 4.14. The van der Waals surface area contributed by atoms with Crippen LogP contribution in [0, 0.1) is 0 Å². The molecular weight excluding hydrogens is 305 g/mol. The molecule has 1 rings (SSSR count). The van der Waals surface area contributed by atoms with Crippen LogP contribution in [0.1, 0.15) is 25.2 Å². The summed E-state index contributed by atoms with van der Waals surface area (Å²) in [5.74, 6) is -0.754. The maximum Gasteiger partial charge on any atom is 0.351 e. The highest BCUT2D eigenvalue weighted by atomic mass is 79.9. The van der Waals surface area contributed by atoms with Crippen molar-refractivity contribution in [2.75, 3.05) is 13.2 Å². The van der Waals surface area contributed by atoms with E-state index in [0.29, 0.717) is 13.2 Å². The van der Waals surface area contributed by atoms with Crippen molar-refractivity contribution in [3.8, 4) is 0 Å². The lowest BCUT2D eigenvalue weighted by molar-refractivity contribution is 0.212. The Morgan fingerprint density at radius 1 is 1.24 bits per heavy atom. The quantitative estimate of drug-likeness (QED) is 0.812. The fourth-order valence-electron chi connectivity index (χ4n) is 1.40. The molecule has 1 atom stereocenters. The molecule has 1 aromatic rings. The van der Waals surface area contributed by atoms with Gasteiger partial charge in [0.2, 0.25) is 0 Å². The van der Waals surface area contributed by atoms with Crippen molar-refractivity contribution >= 4 is 23.5 Å². The molecule has 0 bridgehead atoms. The molecule has 0 aromatic heterocycles. The number of hydrogen-bond acceptors (Lipinski definition) is 4. The zero-order valence-corrected chi connectivity index (χ0v) is 12.4. The molecule has 17 heavy (non-hydrogen) atoms. The van der Waals surface area contributed by atoms with E-state index in [1.165, 1.54) is 0 Å². The van der Waals surface area contributed by atoms with E-state index in [2.05, 4.69) is 15.9 Å². The normalized spacial score (nSPS) is 13.6. The van der Waals surface area contributed by atoms with Crippen LogP contribution in [-0.4, -0.2) is 13.2 Å². The Morgan fingerprint density at radius 2 is 1.71 bits per heavy atom. The van der Waals surface area contributed by atoms with E-state index >= 15 is 0 Å². The molecule has 0 fully saturated rings. The molecule has 0 heterocycles. The van der Waals surface area contributed by atoms with E-state index in [0.717, 1.165) is 10.0 Å². The minimum absolute atomic E-state index is 0.307. The van der Waals surface area contributed by atoms with Gasteiger partial charge < -0.3 is 14.8 Å². The van der Waals surface area contributed by atoms with E-state index in [-0.39, 0.29) is 0 Å². The fraction of sp³-hybridized carbons (Fsp3) is 0.455. The van der Waals surface area contributed by atoms with Crippen molar-refractivity contribution in [1.82, 2.24) is 0 Å². The molecule has 6 heteroatoms. The summed E-state index contributed by atoms with van der Waals surface area (Å²) in [7, 11) is -3.28. The Hall–Kier alpha value is -0.190. The lowest BCUT2D eigenvalue weighted by atomic mass is 10.2. The van der Waals surface area contributed by atoms with Crippen molar-refractivity contribution in [3.63, 3.8) is 0 Å². The minimum Gasteiger partial charge on any atom is -0.314 e. The van der Waals surface area contributed by atoms with E-state index < -0.39 is 13.4 Å². The van der Waals surface area contributed by atoms with Gasteiger partial charge in [-0.25, -0.2) is 0 Å². The van der Waals surface area contributed by atoms with Gasteiger partial charge in [-0.05, 0) is 31.5 Å². The molecule has 0 saturated carbocycles. The maximum atomic E-state index is 12.4. The van der Waals surface area contributed by atoms with Gasteiger partial charge in [0.05, 0.1) is 13.2 Å². The summed E-state index contributed by atoms with van der Waals surface area (Å²) < 4.78 is 23.8. The average Bonchev–Trinajstić information content (AvgIpc) is 2.30. The zero-order valence-electron chi connectivity index (χ0n) is 9.93. The first-order valence-electron chi connectivity index (χ1n) is 5.43. The average molecular weight is 322 g/mol. The second-order valence-corrected chi connectivity index (χ2v) is 6.44. The standard InChI is InChI=1S/C11H17BrNO3P/c1-3-15-17(14,16-4-2)11(13)9-5-7-10(12)8-6-9/h5-8,11H,3-4,13H2,1-2H3. The van der Waals surface area contributed by atoms with Crippen LogP contribution in [0.2, 0.25) is 0 Å². The van der Waals surface area contributed by atoms with Crippen LogP contribution in [0.3, 0.4) is 0 Å². The third kappa shape index (κ3) is 3.90. The van der Waals surface area contributed by atoms with Crippen LogP contribution in [0.4, 0.5) is 0 Å². The van der Waals surface area contributed by atoms with Crippen molar-refractivity contribution in [2.45, 2.75) is 19.6 Å². The van der Waals surface area contributed by atoms with Gasteiger partial charge in [0, 0.05) is 4.47 Å². The molecule has 0 aliphatic carbocycles. The summed E-state index contributed by atoms with van der Waals surface area (Å²) in [6.07, 6.45) is 0. The number of rotatable bonds is 6. The molecule has 1 unspecified atom stereocenters. The fourth-order valence-corrected chi connectivity index (χ4v) is 3.32. The van der Waals surface area contributed by atoms with Crippen LogP contribution in [-0.2, 0) is 13.6 Å². The SMILES string of the molecule is CCOP(=O)(OCC)C(N)c1ccc(Br)cc1. The Kier molecular flexibility index (Phi) is 5.83. The largest absolute Gasteiger partial charge is 0.351 e. The van der Waals surface area contributed by atoms with Crippen molar-refractivity contribution in [1.29, 1.82) is 0 Å². The molecular formula is C11H17BrNO3P. The van der Waals surface area contributed by atoms with Gasteiger partial charge in [0.1, 0.15) is 5.78 Å². The van der Waals surface area contributed by atoms with Gasteiger partial charge in [0.15, 0.2) is 0 Å². The van der Waals surface area contributed by atoms with Gasteiger partial charge >= 0.3 is 7.60 Å². The Morgan fingerprint density at radius 3 is 2.12 bits per heavy atom. The summed E-state index contributed by atoms with van der Waals surface area (Å²) in [5, 5.41) is 0. The molecule has 2 N–H and O–H groups in total. The summed E-state index contributed by atoms with van der Waals surface area (Å²) >= 11 is 3.33. The number of hydrogen-bond donors (Lipinski definition) is 1. The van der Waals surface area contributed by atoms with Gasteiger partial charge in [-0.3, -0.25) is 4.57 Å². The third-order valence-electron chi connectivity index (χ3n) is 2.17. The van der Waals surface area contributed by atoms with E-state index in [9.17, 15) is 4.57 Å². The highest BCUT2D eigenvalue weighted by Crippen LogP contribution is 2.58. The smallest absolute Gasteiger partial charge is 0.314 e. The van der Waals surface area contributed by atoms with E-state index in [4.69, 9.17) is 14.8 Å². The Labute approximate surface area is 110 Å². The molecule has 0 aliphatic heterocycles. The first-order chi connectivity index (χ1) is 8.03. The molecule has 4 nitrogen and oxygen atoms in total. The third-order valence-corrected chi connectivity index (χ3v) is 4.91. The van der Waals surface area contributed by atoms with Crippen molar-refractivity contribution in [2.24, 2.45) is 5.73 Å². The predicted octanol–water partition coefficient (Wildman–Crippen LogP) is 3.67. The lowest BCUT2D eigenvalue weighted by Crippen LogP contribution is -2.14. The molecule has 0 spiro atoms. The molecule has 1 aromatic carbocycles. The second-order valence-electron chi connectivity index (χ2n) is 3.37. The number of benzene rings is 1. The van der Waals surface area contributed by atoms with Gasteiger partial charge in [0.25, 0.3) is 0 Å². The monoisotopic (exact) mass is 321 g/mol. The molecule has 0 aliphatic rings. The first kappa shape index (κ1) is 14.9. The summed E-state index contributed by atoms with van der Waals surface area (Å²) in [4.78, 5) is 0. The predicted molar refractivity (Wildman–Crippen MR) is 71.9 cm³/mol. The van der Waals surface area contributed by atoms with Crippen LogP contribution in [0.15, 0.2) is 28.7 Å². The van der Waals surface area contributed by atoms with Crippen LogP contribution in [0.5, 0.6) is 0 Å². The van der Waals surface area contributed by atoms with E-state index in [1.54, 1.807) is 26.0 Å². The topological polar surface area (TPSA) is 61.5 Å². The van der Waals surface area contributed by atoms with Gasteiger partial charge in [-0.1, -0.05) is 28.1 Å². The maximum absolute atomic E-state index is 12.4. The minimum atomic E-state index is -3.28. The highest BCUT2D eigenvalue weighted by Gasteiger charge is 2.33. The Balaban J connectivity index is 2.95. The number of nitrogens with two attached hydrogens (primary N) is 1. The molecule has 0 amide bonds. The van der Waals surface area contributed by atoms with Crippen molar-refractivity contribution in [3.05, 3.63) is 34.3 Å². The van der Waals surface area contributed by atoms with Crippen LogP contribution >= 0.6 is 23.5 Å². The van der Waals surface area contributed by atoms with Crippen LogP contribution in [0.25, 0.3) is 0 Å². The second kappa shape index (κ2) is 6.66. The Bertz CT molecular complexity index is 386. The molecule has 0 saturated heterocycles. The highest BCUT2D eigenvalue weighted by molar-refractivity contribution is 9.10. The zero-order chi connectivity index (χ0) is 12.9. The first-order valence-corrected chi connectivity index (χ1v) is 7.83. The number of halogens is 1. The summed E-state index contributed by atoms with van der Waals surface area (Å²) in [6, 6.07) is 7.30. The molecule has 96 valence electrons. The molecule has 0 radical (unpaired) electrons. The summed E-state index contributed by atoms with van der Waals surface area (Å²) in [5.41, 5.74) is 6.70.